The van der Waals surface area contributed by atoms with Gasteiger partial charge in [0, 0.05) is 0 Å². The van der Waals surface area contributed by atoms with Crippen LogP contribution in [0.2, 0.25) is 0 Å². The molecule has 2 rings (SSSR count). The summed E-state index contributed by atoms with van der Waals surface area (Å²) < 4.78 is 15.8. The third kappa shape index (κ3) is 1.47. The summed E-state index contributed by atoms with van der Waals surface area (Å²) in [6, 6.07) is 0. The minimum Gasteiger partial charge on any atom is -0.394 e. The van der Waals surface area contributed by atoms with Crippen molar-refractivity contribution in [3.8, 4) is 0 Å². The molecule has 2 aliphatic heterocycles. The molecule has 0 aromatic rings. The molecule has 2 N–H and O–H groups in total. The van der Waals surface area contributed by atoms with E-state index >= 15 is 0 Å². The molecule has 2 aliphatic rings. The van der Waals surface area contributed by atoms with Crippen LogP contribution in [0.15, 0.2) is 0 Å². The zero-order valence-electron chi connectivity index (χ0n) is 7.56. The fourth-order valence-electron chi connectivity index (χ4n) is 1.54. The quantitative estimate of drug-likeness (QED) is 0.575. The predicted octanol–water partition coefficient (Wildman–Crippen LogP) is -0.621. The second-order valence-corrected chi connectivity index (χ2v) is 3.69. The van der Waals surface area contributed by atoms with Gasteiger partial charge >= 0.3 is 0 Å². The smallest absolute Gasteiger partial charge is 0.259 e. The summed E-state index contributed by atoms with van der Waals surface area (Å²) in [6.07, 6.45) is -1.76. The van der Waals surface area contributed by atoms with Crippen LogP contribution in [-0.4, -0.2) is 40.9 Å². The van der Waals surface area contributed by atoms with E-state index in [4.69, 9.17) is 19.3 Å². The van der Waals surface area contributed by atoms with Crippen LogP contribution < -0.4 is 0 Å². The molecule has 75 valence electrons. The van der Waals surface area contributed by atoms with Gasteiger partial charge in [0.05, 0.1) is 6.61 Å². The summed E-state index contributed by atoms with van der Waals surface area (Å²) in [5.74, 6) is -0.749. The Morgan fingerprint density at radius 2 is 2.15 bits per heavy atom. The molecule has 0 spiro atoms. The molecule has 2 heterocycles. The van der Waals surface area contributed by atoms with E-state index in [9.17, 15) is 5.11 Å². The lowest BCUT2D eigenvalue weighted by atomic mass is 10.1. The van der Waals surface area contributed by atoms with Crippen molar-refractivity contribution in [3.63, 3.8) is 0 Å². The SMILES string of the molecule is CC1(C)O[C]2OC(CO)C(O)C2O1. The monoisotopic (exact) mass is 189 g/mol. The minimum atomic E-state index is -0.846. The predicted molar refractivity (Wildman–Crippen MR) is 41.2 cm³/mol. The highest BCUT2D eigenvalue weighted by Gasteiger charge is 2.55. The first-order chi connectivity index (χ1) is 6.03. The standard InChI is InChI=1S/C8H13O5/c1-8(2)12-6-5(10)4(3-9)11-7(6)13-8/h4-6,9-10H,3H2,1-2H3. The van der Waals surface area contributed by atoms with E-state index in [1.54, 1.807) is 13.8 Å². The van der Waals surface area contributed by atoms with Gasteiger partial charge in [0.15, 0.2) is 5.79 Å². The number of fused-ring (bicyclic) bond motifs is 1. The molecule has 0 saturated carbocycles. The summed E-state index contributed by atoms with van der Waals surface area (Å²) in [5, 5.41) is 18.4. The van der Waals surface area contributed by atoms with Crippen molar-refractivity contribution in [2.45, 2.75) is 37.9 Å². The highest BCUT2D eigenvalue weighted by molar-refractivity contribution is 5.02. The fourth-order valence-corrected chi connectivity index (χ4v) is 1.54. The number of hydrogen-bond acceptors (Lipinski definition) is 5. The summed E-state index contributed by atoms with van der Waals surface area (Å²) >= 11 is 0. The molecule has 0 bridgehead atoms. The lowest BCUT2D eigenvalue weighted by Crippen LogP contribution is -2.35. The van der Waals surface area contributed by atoms with Gasteiger partial charge in [-0.05, 0) is 13.8 Å². The Hall–Kier alpha value is -0.200. The van der Waals surface area contributed by atoms with E-state index in [1.165, 1.54) is 0 Å². The Labute approximate surface area is 76.2 Å². The molecule has 0 amide bonds. The Morgan fingerprint density at radius 3 is 2.69 bits per heavy atom. The molecule has 0 aromatic carbocycles. The Bertz CT molecular complexity index is 205. The Kier molecular flexibility index (Phi) is 2.08. The van der Waals surface area contributed by atoms with Crippen LogP contribution in [0.3, 0.4) is 0 Å². The fraction of sp³-hybridized carbons (Fsp3) is 0.875. The molecule has 1 radical (unpaired) electrons. The van der Waals surface area contributed by atoms with Crippen molar-refractivity contribution in [2.24, 2.45) is 0 Å². The zero-order chi connectivity index (χ0) is 9.64. The maximum Gasteiger partial charge on any atom is 0.259 e. The van der Waals surface area contributed by atoms with Gasteiger partial charge in [-0.1, -0.05) is 0 Å². The van der Waals surface area contributed by atoms with Crippen molar-refractivity contribution in [1.82, 2.24) is 0 Å². The van der Waals surface area contributed by atoms with Crippen LogP contribution in [0.25, 0.3) is 0 Å². The van der Waals surface area contributed by atoms with Gasteiger partial charge in [-0.2, -0.15) is 0 Å². The van der Waals surface area contributed by atoms with Crippen LogP contribution in [0.5, 0.6) is 0 Å². The molecule has 3 unspecified atom stereocenters. The van der Waals surface area contributed by atoms with Gasteiger partial charge in [-0.25, -0.2) is 0 Å². The third-order valence-electron chi connectivity index (χ3n) is 2.13. The second kappa shape index (κ2) is 2.90. The maximum absolute atomic E-state index is 9.58. The molecule has 0 aliphatic carbocycles. The van der Waals surface area contributed by atoms with Crippen LogP contribution in [-0.2, 0) is 14.2 Å². The van der Waals surface area contributed by atoms with Crippen molar-refractivity contribution >= 4 is 0 Å². The van der Waals surface area contributed by atoms with Crippen LogP contribution in [0.1, 0.15) is 13.8 Å². The topological polar surface area (TPSA) is 68.2 Å². The van der Waals surface area contributed by atoms with Crippen molar-refractivity contribution in [3.05, 3.63) is 6.29 Å². The normalized spacial score (nSPS) is 43.8. The largest absolute Gasteiger partial charge is 0.394 e. The van der Waals surface area contributed by atoms with E-state index in [1.807, 2.05) is 0 Å². The zero-order valence-corrected chi connectivity index (χ0v) is 7.56. The van der Waals surface area contributed by atoms with Crippen molar-refractivity contribution in [1.29, 1.82) is 0 Å². The third-order valence-corrected chi connectivity index (χ3v) is 2.13. The lowest BCUT2D eigenvalue weighted by molar-refractivity contribution is -0.191. The molecule has 13 heavy (non-hydrogen) atoms. The van der Waals surface area contributed by atoms with E-state index < -0.39 is 24.1 Å². The lowest BCUT2D eigenvalue weighted by Gasteiger charge is -2.21. The van der Waals surface area contributed by atoms with E-state index in [-0.39, 0.29) is 12.9 Å². The molecule has 5 heteroatoms. The summed E-state index contributed by atoms with van der Waals surface area (Å²) in [6.45, 7) is 3.24. The molecule has 0 aromatic heterocycles. The van der Waals surface area contributed by atoms with E-state index in [2.05, 4.69) is 0 Å². The average molecular weight is 189 g/mol. The van der Waals surface area contributed by atoms with Gasteiger partial charge in [0.1, 0.15) is 18.3 Å². The summed E-state index contributed by atoms with van der Waals surface area (Å²) in [5.41, 5.74) is 0. The molecule has 5 nitrogen and oxygen atoms in total. The Morgan fingerprint density at radius 1 is 1.46 bits per heavy atom. The summed E-state index contributed by atoms with van der Waals surface area (Å²) in [4.78, 5) is 0. The van der Waals surface area contributed by atoms with Gasteiger partial charge in [-0.15, -0.1) is 0 Å². The highest BCUT2D eigenvalue weighted by atomic mass is 16.8. The highest BCUT2D eigenvalue weighted by Crippen LogP contribution is 2.41. The van der Waals surface area contributed by atoms with Gasteiger partial charge in [0.25, 0.3) is 6.29 Å². The van der Waals surface area contributed by atoms with Gasteiger partial charge < -0.3 is 24.4 Å². The number of aliphatic hydroxyl groups excluding tert-OH is 2. The Balaban J connectivity index is 2.07. The molecule has 2 fully saturated rings. The average Bonchev–Trinajstić information content (AvgIpc) is 2.47. The van der Waals surface area contributed by atoms with Crippen LogP contribution in [0.4, 0.5) is 0 Å². The minimum absolute atomic E-state index is 0.242. The van der Waals surface area contributed by atoms with Crippen molar-refractivity contribution < 1.29 is 24.4 Å². The number of hydrogen-bond donors (Lipinski definition) is 2. The van der Waals surface area contributed by atoms with Crippen LogP contribution in [0, 0.1) is 6.29 Å². The van der Waals surface area contributed by atoms with Crippen LogP contribution >= 0.6 is 0 Å². The van der Waals surface area contributed by atoms with E-state index in [0.717, 1.165) is 0 Å². The van der Waals surface area contributed by atoms with Crippen molar-refractivity contribution in [2.75, 3.05) is 6.61 Å². The summed E-state index contributed by atoms with van der Waals surface area (Å²) in [7, 11) is 0. The maximum atomic E-state index is 9.58. The number of aliphatic hydroxyl groups is 2. The first-order valence-corrected chi connectivity index (χ1v) is 4.23. The van der Waals surface area contributed by atoms with Gasteiger partial charge in [0.2, 0.25) is 0 Å². The number of ether oxygens (including phenoxy) is 3. The van der Waals surface area contributed by atoms with Gasteiger partial charge in [-0.3, -0.25) is 0 Å². The molecule has 2 saturated heterocycles. The molecular formula is C8H13O5. The molecule has 3 atom stereocenters. The first kappa shape index (κ1) is 9.36. The van der Waals surface area contributed by atoms with E-state index in [0.29, 0.717) is 0 Å². The first-order valence-electron chi connectivity index (χ1n) is 4.23. The molecular weight excluding hydrogens is 176 g/mol. The number of rotatable bonds is 1. The second-order valence-electron chi connectivity index (χ2n) is 3.69.